The number of benzene rings is 1. The Morgan fingerprint density at radius 3 is 2.77 bits per heavy atom. The van der Waals surface area contributed by atoms with Crippen LogP contribution in [0.2, 0.25) is 5.02 Å². The monoisotopic (exact) mass is 569 g/mol. The maximum Gasteiger partial charge on any atom is 0.296 e. The Hall–Kier alpha value is -4.43. The number of ether oxygens (including phenoxy) is 3. The molecule has 5 heterocycles. The first-order valence-electron chi connectivity index (χ1n) is 12.1. The van der Waals surface area contributed by atoms with E-state index in [-0.39, 0.29) is 29.0 Å². The van der Waals surface area contributed by atoms with Crippen LogP contribution in [-0.2, 0) is 0 Å². The SMILES string of the molecule is COc1ncc2ncnc(Nc3ccc(Oc4cc5ncnn5cn4)c(Cl)c3)c2c1O[C@@H]1CCN(C)CC1(F)F. The number of anilines is 2. The molecule has 6 rings (SSSR count). The second-order valence-electron chi connectivity index (χ2n) is 9.14. The summed E-state index contributed by atoms with van der Waals surface area (Å²) in [5, 5.41) is 7.79. The summed E-state index contributed by atoms with van der Waals surface area (Å²) in [6, 6.07) is 6.63. The molecule has 1 fully saturated rings. The van der Waals surface area contributed by atoms with E-state index in [2.05, 4.69) is 35.3 Å². The van der Waals surface area contributed by atoms with Crippen LogP contribution in [0.3, 0.4) is 0 Å². The van der Waals surface area contributed by atoms with Crippen molar-refractivity contribution >= 4 is 39.7 Å². The van der Waals surface area contributed by atoms with Gasteiger partial charge in [0.25, 0.3) is 11.8 Å². The van der Waals surface area contributed by atoms with Gasteiger partial charge in [0.1, 0.15) is 30.5 Å². The number of nitrogens with zero attached hydrogens (tertiary/aromatic N) is 8. The van der Waals surface area contributed by atoms with Crippen LogP contribution in [0.1, 0.15) is 6.42 Å². The van der Waals surface area contributed by atoms with Gasteiger partial charge in [-0.1, -0.05) is 11.6 Å². The molecule has 5 aromatic rings. The van der Waals surface area contributed by atoms with Crippen LogP contribution in [0.15, 0.2) is 49.4 Å². The van der Waals surface area contributed by atoms with Gasteiger partial charge in [0.15, 0.2) is 17.5 Å². The van der Waals surface area contributed by atoms with E-state index in [4.69, 9.17) is 25.8 Å². The van der Waals surface area contributed by atoms with Crippen molar-refractivity contribution in [2.24, 2.45) is 0 Å². The van der Waals surface area contributed by atoms with Crippen LogP contribution in [0.4, 0.5) is 20.3 Å². The molecule has 1 N–H and O–H groups in total. The number of pyridine rings is 1. The molecule has 15 heteroatoms. The lowest BCUT2D eigenvalue weighted by Gasteiger charge is -2.36. The normalized spacial score (nSPS) is 17.2. The molecule has 0 amide bonds. The molecule has 1 atom stereocenters. The van der Waals surface area contributed by atoms with Crippen molar-refractivity contribution in [3.05, 3.63) is 54.5 Å². The smallest absolute Gasteiger partial charge is 0.296 e. The Bertz CT molecular complexity index is 1700. The van der Waals surface area contributed by atoms with E-state index in [0.717, 1.165) is 0 Å². The fraction of sp³-hybridized carbons (Fsp3) is 0.280. The Labute approximate surface area is 230 Å². The second-order valence-corrected chi connectivity index (χ2v) is 9.54. The summed E-state index contributed by atoms with van der Waals surface area (Å²) in [6.07, 6.45) is 4.42. The van der Waals surface area contributed by atoms with Crippen molar-refractivity contribution in [3.63, 3.8) is 0 Å². The fourth-order valence-corrected chi connectivity index (χ4v) is 4.63. The van der Waals surface area contributed by atoms with Crippen molar-refractivity contribution in [2.75, 3.05) is 32.6 Å². The third-order valence-electron chi connectivity index (χ3n) is 6.34. The standard InChI is InChI=1S/C25H22ClF2N9O3/c1-36-6-5-18(25(27,28)10-36)40-22-21-16(9-29-24(22)38-2)30-11-32-23(21)35-14-3-4-17(15(26)7-14)39-20-8-19-31-12-34-37(19)13-33-20/h3-4,7-9,11-13,18H,5-6,10H2,1-2H3,(H,30,32,35)/t18-/m1/s1. The van der Waals surface area contributed by atoms with Crippen LogP contribution in [0, 0.1) is 0 Å². The molecule has 0 radical (unpaired) electrons. The molecule has 1 aliphatic heterocycles. The van der Waals surface area contributed by atoms with E-state index in [1.807, 2.05) is 0 Å². The van der Waals surface area contributed by atoms with Gasteiger partial charge in [-0.05, 0) is 25.2 Å². The highest BCUT2D eigenvalue weighted by molar-refractivity contribution is 6.32. The third-order valence-corrected chi connectivity index (χ3v) is 6.63. The number of hydrogen-bond acceptors (Lipinski definition) is 11. The zero-order valence-corrected chi connectivity index (χ0v) is 22.0. The maximum absolute atomic E-state index is 14.9. The number of piperidine rings is 1. The molecule has 1 aliphatic rings. The van der Waals surface area contributed by atoms with Gasteiger partial charge in [0, 0.05) is 24.7 Å². The predicted octanol–water partition coefficient (Wildman–Crippen LogP) is 4.38. The highest BCUT2D eigenvalue weighted by atomic mass is 35.5. The van der Waals surface area contributed by atoms with Gasteiger partial charge in [0.2, 0.25) is 5.88 Å². The van der Waals surface area contributed by atoms with Gasteiger partial charge < -0.3 is 24.4 Å². The Morgan fingerprint density at radius 2 is 1.98 bits per heavy atom. The first-order chi connectivity index (χ1) is 19.3. The number of aromatic nitrogens is 7. The van der Waals surface area contributed by atoms with Crippen molar-refractivity contribution in [2.45, 2.75) is 18.4 Å². The highest BCUT2D eigenvalue weighted by Crippen LogP contribution is 2.41. The number of nitrogens with one attached hydrogen (secondary N) is 1. The van der Waals surface area contributed by atoms with Crippen LogP contribution < -0.4 is 19.5 Å². The van der Waals surface area contributed by atoms with Gasteiger partial charge in [-0.3, -0.25) is 0 Å². The number of likely N-dealkylation sites (tertiary alicyclic amines) is 1. The first kappa shape index (κ1) is 25.8. The van der Waals surface area contributed by atoms with E-state index >= 15 is 0 Å². The van der Waals surface area contributed by atoms with E-state index in [1.54, 1.807) is 36.2 Å². The number of hydrogen-bond donors (Lipinski definition) is 1. The maximum atomic E-state index is 14.9. The lowest BCUT2D eigenvalue weighted by atomic mass is 10.0. The van der Waals surface area contributed by atoms with Gasteiger partial charge in [0.05, 0.1) is 35.8 Å². The van der Waals surface area contributed by atoms with E-state index in [9.17, 15) is 8.78 Å². The molecule has 4 aromatic heterocycles. The molecule has 1 saturated heterocycles. The number of fused-ring (bicyclic) bond motifs is 2. The van der Waals surface area contributed by atoms with Gasteiger partial charge in [-0.2, -0.15) is 5.10 Å². The molecule has 12 nitrogen and oxygen atoms in total. The molecule has 1 aromatic carbocycles. The zero-order valence-electron chi connectivity index (χ0n) is 21.3. The number of methoxy groups -OCH3 is 1. The third kappa shape index (κ3) is 4.98. The lowest BCUT2D eigenvalue weighted by molar-refractivity contribution is -0.135. The topological polar surface area (TPSA) is 125 Å². The summed E-state index contributed by atoms with van der Waals surface area (Å²) in [4.78, 5) is 22.7. The minimum atomic E-state index is -3.08. The van der Waals surface area contributed by atoms with Crippen molar-refractivity contribution in [3.8, 4) is 23.3 Å². The quantitative estimate of drug-likeness (QED) is 0.300. The van der Waals surface area contributed by atoms with Gasteiger partial charge in [-0.15, -0.1) is 0 Å². The molecule has 0 unspecified atom stereocenters. The molecule has 0 bridgehead atoms. The number of halogens is 3. The Balaban J connectivity index is 1.31. The van der Waals surface area contributed by atoms with Crippen LogP contribution in [-0.4, -0.2) is 78.7 Å². The summed E-state index contributed by atoms with van der Waals surface area (Å²) >= 11 is 6.51. The molecule has 0 aliphatic carbocycles. The van der Waals surface area contributed by atoms with Gasteiger partial charge in [-0.25, -0.2) is 38.2 Å². The van der Waals surface area contributed by atoms with Crippen LogP contribution >= 0.6 is 11.6 Å². The summed E-state index contributed by atoms with van der Waals surface area (Å²) < 4.78 is 48.4. The summed E-state index contributed by atoms with van der Waals surface area (Å²) in [7, 11) is 3.03. The van der Waals surface area contributed by atoms with Crippen molar-refractivity contribution in [1.29, 1.82) is 0 Å². The average molecular weight is 570 g/mol. The highest BCUT2D eigenvalue weighted by Gasteiger charge is 2.46. The number of rotatable bonds is 7. The molecule has 40 heavy (non-hydrogen) atoms. The largest absolute Gasteiger partial charge is 0.478 e. The zero-order chi connectivity index (χ0) is 27.9. The molecule has 0 spiro atoms. The van der Waals surface area contributed by atoms with E-state index in [0.29, 0.717) is 40.3 Å². The first-order valence-corrected chi connectivity index (χ1v) is 12.5. The summed E-state index contributed by atoms with van der Waals surface area (Å²) in [5.41, 5.74) is 1.49. The average Bonchev–Trinajstić information content (AvgIpc) is 3.39. The van der Waals surface area contributed by atoms with E-state index in [1.165, 1.54) is 36.8 Å². The predicted molar refractivity (Wildman–Crippen MR) is 141 cm³/mol. The van der Waals surface area contributed by atoms with Gasteiger partial charge >= 0.3 is 0 Å². The second kappa shape index (κ2) is 10.3. The fourth-order valence-electron chi connectivity index (χ4n) is 4.41. The molecular formula is C25H22ClF2N9O3. The Kier molecular flexibility index (Phi) is 6.64. The minimum Gasteiger partial charge on any atom is -0.478 e. The van der Waals surface area contributed by atoms with Crippen molar-refractivity contribution < 1.29 is 23.0 Å². The van der Waals surface area contributed by atoms with Crippen LogP contribution in [0.25, 0.3) is 16.6 Å². The Morgan fingerprint density at radius 1 is 1.10 bits per heavy atom. The summed E-state index contributed by atoms with van der Waals surface area (Å²) in [5.74, 6) is -2.08. The molecule has 206 valence electrons. The number of alkyl halides is 2. The minimum absolute atomic E-state index is 0.0262. The molecule has 0 saturated carbocycles. The lowest BCUT2D eigenvalue weighted by Crippen LogP contribution is -2.52. The van der Waals surface area contributed by atoms with E-state index < -0.39 is 18.6 Å². The summed E-state index contributed by atoms with van der Waals surface area (Å²) in [6.45, 7) is 0.0344. The van der Waals surface area contributed by atoms with Crippen LogP contribution in [0.5, 0.6) is 23.3 Å². The molecular weight excluding hydrogens is 548 g/mol. The van der Waals surface area contributed by atoms with Crippen molar-refractivity contribution in [1.82, 2.24) is 39.4 Å².